The fourth-order valence-corrected chi connectivity index (χ4v) is 4.27. The fraction of sp³-hybridized carbons (Fsp3) is 0.227. The van der Waals surface area contributed by atoms with Crippen LogP contribution >= 0.6 is 22.7 Å². The van der Waals surface area contributed by atoms with Crippen molar-refractivity contribution in [3.8, 4) is 22.0 Å². The van der Waals surface area contributed by atoms with Gasteiger partial charge >= 0.3 is 0 Å². The minimum Gasteiger partial charge on any atom is -0.458 e. The Kier molecular flexibility index (Phi) is 5.60. The third kappa shape index (κ3) is 4.46. The average Bonchev–Trinajstić information content (AvgIpc) is 3.46. The molecule has 4 rings (SSSR count). The van der Waals surface area contributed by atoms with Crippen molar-refractivity contribution in [2.45, 2.75) is 33.2 Å². The zero-order chi connectivity index (χ0) is 20.4. The van der Waals surface area contributed by atoms with E-state index in [1.54, 1.807) is 16.7 Å². The van der Waals surface area contributed by atoms with Crippen molar-refractivity contribution < 1.29 is 9.21 Å². The molecule has 5 nitrogen and oxygen atoms in total. The molecule has 0 aliphatic rings. The molecule has 7 heteroatoms. The van der Waals surface area contributed by atoms with Crippen LogP contribution in [0.25, 0.3) is 22.0 Å². The molecule has 4 aromatic rings. The zero-order valence-electron chi connectivity index (χ0n) is 16.4. The maximum atomic E-state index is 12.5. The highest BCUT2D eigenvalue weighted by Crippen LogP contribution is 2.26. The molecule has 0 fully saturated rings. The maximum absolute atomic E-state index is 12.5. The van der Waals surface area contributed by atoms with Crippen molar-refractivity contribution in [1.82, 2.24) is 15.3 Å². The number of furan rings is 1. The van der Waals surface area contributed by atoms with Crippen molar-refractivity contribution in [2.24, 2.45) is 0 Å². The second-order valence-electron chi connectivity index (χ2n) is 7.02. The van der Waals surface area contributed by atoms with Gasteiger partial charge in [-0.05, 0) is 30.5 Å². The molecule has 3 heterocycles. The normalized spacial score (nSPS) is 11.2. The molecule has 0 saturated carbocycles. The van der Waals surface area contributed by atoms with Crippen LogP contribution in [0.4, 0.5) is 0 Å². The Bertz CT molecular complexity index is 1120. The number of hydrogen-bond donors (Lipinski definition) is 1. The van der Waals surface area contributed by atoms with Crippen LogP contribution in [0.5, 0.6) is 0 Å². The molecule has 0 saturated heterocycles. The lowest BCUT2D eigenvalue weighted by Gasteiger charge is -2.05. The van der Waals surface area contributed by atoms with Crippen LogP contribution in [0.15, 0.2) is 51.6 Å². The lowest BCUT2D eigenvalue weighted by Crippen LogP contribution is -2.22. The first-order valence-electron chi connectivity index (χ1n) is 9.35. The van der Waals surface area contributed by atoms with Gasteiger partial charge in [-0.1, -0.05) is 38.1 Å². The van der Waals surface area contributed by atoms with Gasteiger partial charge in [-0.15, -0.1) is 22.7 Å². The summed E-state index contributed by atoms with van der Waals surface area (Å²) in [7, 11) is 0. The summed E-state index contributed by atoms with van der Waals surface area (Å²) < 4.78 is 5.79. The summed E-state index contributed by atoms with van der Waals surface area (Å²) in [4.78, 5) is 21.4. The molecule has 0 bridgehead atoms. The molecular formula is C22H21N3O2S2. The van der Waals surface area contributed by atoms with E-state index in [1.807, 2.05) is 24.4 Å². The lowest BCUT2D eigenvalue weighted by molar-refractivity contribution is 0.0944. The summed E-state index contributed by atoms with van der Waals surface area (Å²) >= 11 is 3.05. The quantitative estimate of drug-likeness (QED) is 0.420. The van der Waals surface area contributed by atoms with E-state index in [0.717, 1.165) is 21.3 Å². The molecule has 1 N–H and O–H groups in total. The molecule has 0 aliphatic heterocycles. The Morgan fingerprint density at radius 2 is 1.86 bits per heavy atom. The number of hydrogen-bond acceptors (Lipinski definition) is 6. The summed E-state index contributed by atoms with van der Waals surface area (Å²) in [5.41, 5.74) is 3.54. The predicted molar refractivity (Wildman–Crippen MR) is 117 cm³/mol. The standard InChI is InChI=1S/C22H21N3O2S2/c1-13(2)15-4-6-16(7-5-15)22-25-19(12-29-22)21(26)23-10-17-8-9-20(27-17)18-11-28-14(3)24-18/h4-9,11-13H,10H2,1-3H3,(H,23,26). The molecule has 29 heavy (non-hydrogen) atoms. The second-order valence-corrected chi connectivity index (χ2v) is 8.94. The topological polar surface area (TPSA) is 68.0 Å². The number of benzene rings is 1. The number of carbonyl (C=O) groups excluding carboxylic acids is 1. The first kappa shape index (κ1) is 19.5. The zero-order valence-corrected chi connectivity index (χ0v) is 18.1. The molecular weight excluding hydrogens is 402 g/mol. The van der Waals surface area contributed by atoms with Crippen LogP contribution in [0.2, 0.25) is 0 Å². The SMILES string of the molecule is Cc1nc(-c2ccc(CNC(=O)c3csc(-c4ccc(C(C)C)cc4)n3)o2)cs1. The van der Waals surface area contributed by atoms with E-state index < -0.39 is 0 Å². The minimum atomic E-state index is -0.214. The number of nitrogens with zero attached hydrogens (tertiary/aromatic N) is 2. The Labute approximate surface area is 177 Å². The fourth-order valence-electron chi connectivity index (χ4n) is 2.87. The van der Waals surface area contributed by atoms with Gasteiger partial charge in [-0.3, -0.25) is 4.79 Å². The predicted octanol–water partition coefficient (Wildman–Crippen LogP) is 5.89. The van der Waals surface area contributed by atoms with Gasteiger partial charge in [-0.25, -0.2) is 9.97 Å². The first-order valence-corrected chi connectivity index (χ1v) is 11.1. The Morgan fingerprint density at radius 3 is 2.55 bits per heavy atom. The molecule has 1 aromatic carbocycles. The molecule has 148 valence electrons. The molecule has 0 aliphatic carbocycles. The van der Waals surface area contributed by atoms with E-state index >= 15 is 0 Å². The van der Waals surface area contributed by atoms with Gasteiger partial charge in [0.2, 0.25) is 0 Å². The number of thiazole rings is 2. The van der Waals surface area contributed by atoms with Gasteiger partial charge in [0, 0.05) is 16.3 Å². The maximum Gasteiger partial charge on any atom is 0.271 e. The van der Waals surface area contributed by atoms with Gasteiger partial charge in [0.1, 0.15) is 22.2 Å². The van der Waals surface area contributed by atoms with E-state index in [2.05, 4.69) is 53.4 Å². The van der Waals surface area contributed by atoms with Gasteiger partial charge in [0.15, 0.2) is 5.76 Å². The van der Waals surface area contributed by atoms with Gasteiger partial charge in [-0.2, -0.15) is 0 Å². The Hall–Kier alpha value is -2.77. The molecule has 0 unspecified atom stereocenters. The number of aryl methyl sites for hydroxylation is 1. The number of rotatable bonds is 6. The number of amides is 1. The van der Waals surface area contributed by atoms with Crippen LogP contribution in [0, 0.1) is 6.92 Å². The minimum absolute atomic E-state index is 0.214. The van der Waals surface area contributed by atoms with Gasteiger partial charge < -0.3 is 9.73 Å². The van der Waals surface area contributed by atoms with Crippen molar-refractivity contribution in [1.29, 1.82) is 0 Å². The Balaban J connectivity index is 1.39. The van der Waals surface area contributed by atoms with Gasteiger partial charge in [0.25, 0.3) is 5.91 Å². The number of nitrogens with one attached hydrogen (secondary N) is 1. The Morgan fingerprint density at radius 1 is 1.07 bits per heavy atom. The van der Waals surface area contributed by atoms with E-state index in [-0.39, 0.29) is 5.91 Å². The molecule has 3 aromatic heterocycles. The van der Waals surface area contributed by atoms with E-state index in [9.17, 15) is 4.79 Å². The summed E-state index contributed by atoms with van der Waals surface area (Å²) in [6.07, 6.45) is 0. The van der Waals surface area contributed by atoms with E-state index in [0.29, 0.717) is 29.7 Å². The largest absolute Gasteiger partial charge is 0.458 e. The average molecular weight is 424 g/mol. The monoisotopic (exact) mass is 423 g/mol. The summed E-state index contributed by atoms with van der Waals surface area (Å²) in [6, 6.07) is 12.1. The molecule has 0 spiro atoms. The van der Waals surface area contributed by atoms with Crippen LogP contribution in [0.3, 0.4) is 0 Å². The van der Waals surface area contributed by atoms with Crippen molar-refractivity contribution in [2.75, 3.05) is 0 Å². The van der Waals surface area contributed by atoms with Crippen molar-refractivity contribution in [3.05, 3.63) is 69.2 Å². The number of aromatic nitrogens is 2. The van der Waals surface area contributed by atoms with Crippen LogP contribution < -0.4 is 5.32 Å². The van der Waals surface area contributed by atoms with Gasteiger partial charge in [0.05, 0.1) is 11.6 Å². The highest BCUT2D eigenvalue weighted by molar-refractivity contribution is 7.13. The first-order chi connectivity index (χ1) is 14.0. The van der Waals surface area contributed by atoms with Crippen molar-refractivity contribution >= 4 is 28.6 Å². The van der Waals surface area contributed by atoms with Crippen molar-refractivity contribution in [3.63, 3.8) is 0 Å². The second kappa shape index (κ2) is 8.31. The molecule has 1 amide bonds. The van der Waals surface area contributed by atoms with Crippen LogP contribution in [-0.2, 0) is 6.54 Å². The lowest BCUT2D eigenvalue weighted by atomic mass is 10.0. The highest BCUT2D eigenvalue weighted by Gasteiger charge is 2.14. The molecule has 0 atom stereocenters. The van der Waals surface area contributed by atoms with E-state index in [1.165, 1.54) is 16.9 Å². The third-order valence-corrected chi connectivity index (χ3v) is 6.18. The summed E-state index contributed by atoms with van der Waals surface area (Å²) in [6.45, 7) is 6.60. The number of carbonyl (C=O) groups is 1. The van der Waals surface area contributed by atoms with Crippen LogP contribution in [-0.4, -0.2) is 15.9 Å². The summed E-state index contributed by atoms with van der Waals surface area (Å²) in [5, 5.41) is 8.44. The van der Waals surface area contributed by atoms with Crippen LogP contribution in [0.1, 0.15) is 46.6 Å². The third-order valence-electron chi connectivity index (χ3n) is 4.52. The molecule has 0 radical (unpaired) electrons. The smallest absolute Gasteiger partial charge is 0.271 e. The highest BCUT2D eigenvalue weighted by atomic mass is 32.1. The van der Waals surface area contributed by atoms with E-state index in [4.69, 9.17) is 4.42 Å². The summed E-state index contributed by atoms with van der Waals surface area (Å²) in [5.74, 6) is 1.66.